The summed E-state index contributed by atoms with van der Waals surface area (Å²) in [5, 5.41) is 18.5. The van der Waals surface area contributed by atoms with E-state index in [9.17, 15) is 9.90 Å². The second kappa shape index (κ2) is 4.20. The summed E-state index contributed by atoms with van der Waals surface area (Å²) >= 11 is 3.29. The van der Waals surface area contributed by atoms with E-state index in [2.05, 4.69) is 15.9 Å². The van der Waals surface area contributed by atoms with Crippen molar-refractivity contribution in [1.29, 1.82) is 0 Å². The first-order valence-electron chi connectivity index (χ1n) is 4.33. The summed E-state index contributed by atoms with van der Waals surface area (Å²) in [6, 6.07) is 0.330. The van der Waals surface area contributed by atoms with Crippen LogP contribution >= 0.6 is 15.9 Å². The lowest BCUT2D eigenvalue weighted by atomic mass is 10.00. The zero-order chi connectivity index (χ0) is 11.7. The smallest absolute Gasteiger partial charge is 0.325 e. The van der Waals surface area contributed by atoms with Crippen LogP contribution in [0.5, 0.6) is 5.75 Å². The third-order valence-electron chi connectivity index (χ3n) is 2.43. The summed E-state index contributed by atoms with van der Waals surface area (Å²) in [5.41, 5.74) is 7.17. The van der Waals surface area contributed by atoms with Gasteiger partial charge >= 0.3 is 5.97 Å². The average molecular weight is 274 g/mol. The van der Waals surface area contributed by atoms with Gasteiger partial charge in [0.05, 0.1) is 0 Å². The Kier molecular flexibility index (Phi) is 3.36. The number of phenols is 1. The van der Waals surface area contributed by atoms with Gasteiger partial charge in [0.25, 0.3) is 0 Å². The summed E-state index contributed by atoms with van der Waals surface area (Å²) in [6.45, 7) is 3.54. The number of rotatable bonds is 2. The van der Waals surface area contributed by atoms with Crippen molar-refractivity contribution in [3.05, 3.63) is 27.2 Å². The fourth-order valence-corrected chi connectivity index (χ4v) is 1.80. The maximum atomic E-state index is 10.7. The minimum absolute atomic E-state index is 0.0504. The molecule has 0 radical (unpaired) electrons. The van der Waals surface area contributed by atoms with Gasteiger partial charge in [-0.25, -0.2) is 0 Å². The molecule has 0 unspecified atom stereocenters. The Balaban J connectivity index is 3.38. The van der Waals surface area contributed by atoms with Crippen molar-refractivity contribution in [2.24, 2.45) is 5.73 Å². The van der Waals surface area contributed by atoms with E-state index in [1.54, 1.807) is 6.92 Å². The lowest BCUT2D eigenvalue weighted by Gasteiger charge is -2.14. The minimum Gasteiger partial charge on any atom is -0.507 e. The van der Waals surface area contributed by atoms with Crippen LogP contribution in [0.4, 0.5) is 0 Å². The molecule has 1 aromatic carbocycles. The van der Waals surface area contributed by atoms with Crippen molar-refractivity contribution < 1.29 is 15.0 Å². The number of phenolic OH excluding ortho intramolecular Hbond substituents is 1. The van der Waals surface area contributed by atoms with E-state index in [4.69, 9.17) is 10.8 Å². The second-order valence-electron chi connectivity index (χ2n) is 3.36. The minimum atomic E-state index is -1.21. The average Bonchev–Trinajstić information content (AvgIpc) is 2.19. The predicted molar refractivity (Wildman–Crippen MR) is 59.8 cm³/mol. The number of hydrogen-bond donors (Lipinski definition) is 3. The zero-order valence-electron chi connectivity index (χ0n) is 8.41. The molecule has 0 aliphatic carbocycles. The highest BCUT2D eigenvalue weighted by Crippen LogP contribution is 2.33. The largest absolute Gasteiger partial charge is 0.507 e. The third-order valence-corrected chi connectivity index (χ3v) is 3.26. The fraction of sp³-hybridized carbons (Fsp3) is 0.300. The van der Waals surface area contributed by atoms with E-state index >= 15 is 0 Å². The number of halogens is 1. The standard InChI is InChI=1S/C10H12BrNO3/c1-4-5(2)9(13)6(3-7(4)11)8(12)10(14)15/h3,8,13H,12H2,1-2H3,(H,14,15)/t8-/m0/s1. The summed E-state index contributed by atoms with van der Waals surface area (Å²) in [5.74, 6) is -1.22. The number of aromatic hydroxyl groups is 1. The Morgan fingerprint density at radius 2 is 2.00 bits per heavy atom. The summed E-state index contributed by atoms with van der Waals surface area (Å²) in [7, 11) is 0. The lowest BCUT2D eigenvalue weighted by Crippen LogP contribution is -2.21. The van der Waals surface area contributed by atoms with Gasteiger partial charge in [0, 0.05) is 10.0 Å². The molecule has 0 saturated heterocycles. The normalized spacial score (nSPS) is 12.5. The molecule has 15 heavy (non-hydrogen) atoms. The first-order chi connectivity index (χ1) is 6.86. The Hall–Kier alpha value is -1.07. The zero-order valence-corrected chi connectivity index (χ0v) is 10.00. The van der Waals surface area contributed by atoms with Crippen LogP contribution in [-0.4, -0.2) is 16.2 Å². The van der Waals surface area contributed by atoms with Crippen molar-refractivity contribution >= 4 is 21.9 Å². The molecule has 0 aromatic heterocycles. The topological polar surface area (TPSA) is 83.6 Å². The molecular weight excluding hydrogens is 262 g/mol. The van der Waals surface area contributed by atoms with Crippen molar-refractivity contribution in [2.45, 2.75) is 19.9 Å². The van der Waals surface area contributed by atoms with E-state index in [0.29, 0.717) is 5.56 Å². The molecule has 0 amide bonds. The number of carboxylic acids is 1. The van der Waals surface area contributed by atoms with Crippen LogP contribution in [0.2, 0.25) is 0 Å². The first kappa shape index (κ1) is 12.0. The van der Waals surface area contributed by atoms with Crippen molar-refractivity contribution in [3.8, 4) is 5.75 Å². The van der Waals surface area contributed by atoms with Crippen LogP contribution in [0.1, 0.15) is 22.7 Å². The molecule has 0 aliphatic rings. The molecule has 0 saturated carbocycles. The highest BCUT2D eigenvalue weighted by atomic mass is 79.9. The predicted octanol–water partition coefficient (Wildman–Crippen LogP) is 1.86. The van der Waals surface area contributed by atoms with E-state index in [1.165, 1.54) is 6.07 Å². The highest BCUT2D eigenvalue weighted by molar-refractivity contribution is 9.10. The Bertz CT molecular complexity index is 418. The van der Waals surface area contributed by atoms with E-state index in [0.717, 1.165) is 10.0 Å². The van der Waals surface area contributed by atoms with E-state index in [-0.39, 0.29) is 11.3 Å². The van der Waals surface area contributed by atoms with Crippen LogP contribution in [-0.2, 0) is 4.79 Å². The Morgan fingerprint density at radius 1 is 1.47 bits per heavy atom. The first-order valence-corrected chi connectivity index (χ1v) is 5.12. The molecular formula is C10H12BrNO3. The van der Waals surface area contributed by atoms with Crippen molar-refractivity contribution in [2.75, 3.05) is 0 Å². The summed E-state index contributed by atoms with van der Waals surface area (Å²) in [4.78, 5) is 10.7. The fourth-order valence-electron chi connectivity index (χ4n) is 1.26. The number of carboxylic acid groups (broad SMARTS) is 1. The number of carbonyl (C=O) groups is 1. The number of benzene rings is 1. The van der Waals surface area contributed by atoms with Gasteiger partial charge in [-0.05, 0) is 31.0 Å². The van der Waals surface area contributed by atoms with Crippen molar-refractivity contribution in [1.82, 2.24) is 0 Å². The molecule has 5 heteroatoms. The van der Waals surface area contributed by atoms with Gasteiger partial charge in [0.15, 0.2) is 0 Å². The molecule has 1 atom stereocenters. The van der Waals surface area contributed by atoms with Gasteiger partial charge in [-0.15, -0.1) is 0 Å². The maximum absolute atomic E-state index is 10.7. The number of hydrogen-bond acceptors (Lipinski definition) is 3. The molecule has 0 spiro atoms. The molecule has 82 valence electrons. The second-order valence-corrected chi connectivity index (χ2v) is 4.22. The molecule has 0 heterocycles. The quantitative estimate of drug-likeness (QED) is 0.768. The van der Waals surface area contributed by atoms with Gasteiger partial charge in [-0.2, -0.15) is 0 Å². The molecule has 1 aromatic rings. The monoisotopic (exact) mass is 273 g/mol. The van der Waals surface area contributed by atoms with Crippen LogP contribution in [0.25, 0.3) is 0 Å². The van der Waals surface area contributed by atoms with Crippen LogP contribution in [0.15, 0.2) is 10.5 Å². The molecule has 4 N–H and O–H groups in total. The molecule has 0 bridgehead atoms. The third kappa shape index (κ3) is 2.13. The van der Waals surface area contributed by atoms with E-state index < -0.39 is 12.0 Å². The Labute approximate surface area is 95.8 Å². The molecule has 1 rings (SSSR count). The summed E-state index contributed by atoms with van der Waals surface area (Å²) in [6.07, 6.45) is 0. The molecule has 0 aliphatic heterocycles. The SMILES string of the molecule is Cc1c(Br)cc([C@H](N)C(=O)O)c(O)c1C. The maximum Gasteiger partial charge on any atom is 0.325 e. The molecule has 4 nitrogen and oxygen atoms in total. The highest BCUT2D eigenvalue weighted by Gasteiger charge is 2.21. The summed E-state index contributed by atoms with van der Waals surface area (Å²) < 4.78 is 0.740. The Morgan fingerprint density at radius 3 is 2.47 bits per heavy atom. The van der Waals surface area contributed by atoms with Crippen molar-refractivity contribution in [3.63, 3.8) is 0 Å². The van der Waals surface area contributed by atoms with Gasteiger partial charge in [-0.3, -0.25) is 4.79 Å². The van der Waals surface area contributed by atoms with Crippen LogP contribution < -0.4 is 5.73 Å². The number of nitrogens with two attached hydrogens (primary N) is 1. The van der Waals surface area contributed by atoms with Gasteiger partial charge in [0.1, 0.15) is 11.8 Å². The van der Waals surface area contributed by atoms with Gasteiger partial charge in [-0.1, -0.05) is 15.9 Å². The van der Waals surface area contributed by atoms with Gasteiger partial charge in [0.2, 0.25) is 0 Å². The lowest BCUT2D eigenvalue weighted by molar-refractivity contribution is -0.138. The number of aliphatic carboxylic acids is 1. The van der Waals surface area contributed by atoms with E-state index in [1.807, 2.05) is 6.92 Å². The van der Waals surface area contributed by atoms with Crippen LogP contribution in [0.3, 0.4) is 0 Å². The molecule has 0 fully saturated rings. The van der Waals surface area contributed by atoms with Crippen LogP contribution in [0, 0.1) is 13.8 Å². The van der Waals surface area contributed by atoms with Gasteiger partial charge < -0.3 is 15.9 Å².